The summed E-state index contributed by atoms with van der Waals surface area (Å²) in [6.07, 6.45) is 0. The van der Waals surface area contributed by atoms with Crippen LogP contribution in [-0.4, -0.2) is 19.1 Å². The molecule has 0 aromatic heterocycles. The van der Waals surface area contributed by atoms with Crippen LogP contribution in [0.15, 0.2) is 24.3 Å². The summed E-state index contributed by atoms with van der Waals surface area (Å²) in [6.45, 7) is -4.11. The molecule has 2 nitrogen and oxygen atoms in total. The second kappa shape index (κ2) is 4.64. The van der Waals surface area contributed by atoms with Gasteiger partial charge in [0.25, 0.3) is 0 Å². The lowest BCUT2D eigenvalue weighted by Gasteiger charge is -2.04. The van der Waals surface area contributed by atoms with Gasteiger partial charge in [0.15, 0.2) is 12.5 Å². The third-order valence-corrected chi connectivity index (χ3v) is 1.50. The Kier molecular flexibility index (Phi) is 3.50. The number of ketones is 1. The fourth-order valence-corrected chi connectivity index (χ4v) is 0.923. The summed E-state index contributed by atoms with van der Waals surface area (Å²) in [4.78, 5) is 10.8. The Labute approximate surface area is 78.3 Å². The maximum absolute atomic E-state index is 11.9. The van der Waals surface area contributed by atoms with Gasteiger partial charge in [0.05, 0.1) is 0 Å². The maximum Gasteiger partial charge on any atom is 0.387 e. The van der Waals surface area contributed by atoms with E-state index in [2.05, 4.69) is 4.74 Å². The van der Waals surface area contributed by atoms with E-state index in [1.165, 1.54) is 18.2 Å². The Hall–Kier alpha value is -1.52. The first kappa shape index (κ1) is 10.6. The van der Waals surface area contributed by atoms with Gasteiger partial charge in [0.2, 0.25) is 0 Å². The molecule has 76 valence electrons. The molecule has 0 atom stereocenters. The molecular formula is C9H7F3O2. The van der Waals surface area contributed by atoms with Crippen molar-refractivity contribution in [2.24, 2.45) is 0 Å². The van der Waals surface area contributed by atoms with E-state index in [0.29, 0.717) is 0 Å². The maximum atomic E-state index is 11.9. The average molecular weight is 204 g/mol. The second-order valence-electron chi connectivity index (χ2n) is 2.46. The summed E-state index contributed by atoms with van der Waals surface area (Å²) in [6, 6.07) is 5.02. The van der Waals surface area contributed by atoms with Crippen LogP contribution in [-0.2, 0) is 0 Å². The van der Waals surface area contributed by atoms with Gasteiger partial charge in [-0.05, 0) is 12.1 Å². The number of carbonyl (C=O) groups is 1. The number of ether oxygens (including phenoxy) is 1. The Balaban J connectivity index is 2.84. The normalized spacial score (nSPS) is 10.3. The molecule has 1 aromatic rings. The standard InChI is InChI=1S/C9H7F3O2/c10-5-8(13)6-2-1-3-7(4-6)14-9(11)12/h1-4,9H,5H2. The molecular weight excluding hydrogens is 197 g/mol. The summed E-state index contributed by atoms with van der Waals surface area (Å²) in [7, 11) is 0. The Morgan fingerprint density at radius 3 is 2.71 bits per heavy atom. The minimum atomic E-state index is -2.95. The molecule has 0 aliphatic heterocycles. The third-order valence-electron chi connectivity index (χ3n) is 1.50. The molecule has 0 fully saturated rings. The SMILES string of the molecule is O=C(CF)c1cccc(OC(F)F)c1. The zero-order valence-corrected chi connectivity index (χ0v) is 7.04. The average Bonchev–Trinajstić information content (AvgIpc) is 2.16. The minimum absolute atomic E-state index is 0.0191. The fourth-order valence-electron chi connectivity index (χ4n) is 0.923. The number of hydrogen-bond donors (Lipinski definition) is 0. The molecule has 5 heteroatoms. The zero-order valence-electron chi connectivity index (χ0n) is 7.04. The highest BCUT2D eigenvalue weighted by atomic mass is 19.3. The molecule has 1 rings (SSSR count). The van der Waals surface area contributed by atoms with E-state index < -0.39 is 19.1 Å². The first-order chi connectivity index (χ1) is 6.63. The van der Waals surface area contributed by atoms with E-state index in [0.717, 1.165) is 6.07 Å². The lowest BCUT2D eigenvalue weighted by atomic mass is 10.1. The molecule has 14 heavy (non-hydrogen) atoms. The van der Waals surface area contributed by atoms with Crippen LogP contribution in [0.3, 0.4) is 0 Å². The third kappa shape index (κ3) is 2.76. The van der Waals surface area contributed by atoms with Crippen LogP contribution in [0.5, 0.6) is 5.75 Å². The van der Waals surface area contributed by atoms with Crippen molar-refractivity contribution >= 4 is 5.78 Å². The van der Waals surface area contributed by atoms with Gasteiger partial charge in [-0.25, -0.2) is 4.39 Å². The van der Waals surface area contributed by atoms with Gasteiger partial charge in [0, 0.05) is 5.56 Å². The van der Waals surface area contributed by atoms with E-state index in [1.54, 1.807) is 0 Å². The van der Waals surface area contributed by atoms with Crippen molar-refractivity contribution in [2.75, 3.05) is 6.67 Å². The number of halogens is 3. The molecule has 0 saturated carbocycles. The number of rotatable bonds is 4. The van der Waals surface area contributed by atoms with Gasteiger partial charge >= 0.3 is 6.61 Å². The summed E-state index contributed by atoms with van der Waals surface area (Å²) in [5.41, 5.74) is 0.0191. The molecule has 0 unspecified atom stereocenters. The van der Waals surface area contributed by atoms with E-state index in [4.69, 9.17) is 0 Å². The van der Waals surface area contributed by atoms with Crippen molar-refractivity contribution in [1.82, 2.24) is 0 Å². The van der Waals surface area contributed by atoms with E-state index in [1.807, 2.05) is 0 Å². The van der Waals surface area contributed by atoms with Crippen molar-refractivity contribution in [3.05, 3.63) is 29.8 Å². The van der Waals surface area contributed by atoms with Gasteiger partial charge < -0.3 is 4.74 Å². The van der Waals surface area contributed by atoms with Crippen LogP contribution in [0.4, 0.5) is 13.2 Å². The van der Waals surface area contributed by atoms with Crippen molar-refractivity contribution < 1.29 is 22.7 Å². The Bertz CT molecular complexity index is 326. The highest BCUT2D eigenvalue weighted by Crippen LogP contribution is 2.16. The van der Waals surface area contributed by atoms with Crippen LogP contribution >= 0.6 is 0 Å². The van der Waals surface area contributed by atoms with Gasteiger partial charge in [-0.15, -0.1) is 0 Å². The van der Waals surface area contributed by atoms with E-state index >= 15 is 0 Å². The van der Waals surface area contributed by atoms with Crippen LogP contribution in [0.2, 0.25) is 0 Å². The van der Waals surface area contributed by atoms with Crippen molar-refractivity contribution in [3.8, 4) is 5.75 Å². The van der Waals surface area contributed by atoms with Crippen LogP contribution in [0.1, 0.15) is 10.4 Å². The molecule has 0 N–H and O–H groups in total. The van der Waals surface area contributed by atoms with E-state index in [9.17, 15) is 18.0 Å². The molecule has 0 saturated heterocycles. The lowest BCUT2D eigenvalue weighted by Crippen LogP contribution is -2.04. The number of Topliss-reactive ketones (excluding diaryl/α,β-unsaturated/α-hetero) is 1. The van der Waals surface area contributed by atoms with Crippen LogP contribution in [0.25, 0.3) is 0 Å². The lowest BCUT2D eigenvalue weighted by molar-refractivity contribution is -0.0498. The zero-order chi connectivity index (χ0) is 10.6. The predicted molar refractivity (Wildman–Crippen MR) is 43.4 cm³/mol. The Morgan fingerprint density at radius 1 is 1.43 bits per heavy atom. The van der Waals surface area contributed by atoms with Gasteiger partial charge in [-0.1, -0.05) is 12.1 Å². The number of hydrogen-bond acceptors (Lipinski definition) is 2. The molecule has 0 radical (unpaired) electrons. The topological polar surface area (TPSA) is 26.3 Å². The number of benzene rings is 1. The van der Waals surface area contributed by atoms with Crippen molar-refractivity contribution in [1.29, 1.82) is 0 Å². The minimum Gasteiger partial charge on any atom is -0.435 e. The highest BCUT2D eigenvalue weighted by Gasteiger charge is 2.08. The predicted octanol–water partition coefficient (Wildman–Crippen LogP) is 2.44. The Morgan fingerprint density at radius 2 is 2.14 bits per heavy atom. The second-order valence-corrected chi connectivity index (χ2v) is 2.46. The summed E-state index contributed by atoms with van der Waals surface area (Å²) >= 11 is 0. The molecule has 0 heterocycles. The molecule has 0 amide bonds. The van der Waals surface area contributed by atoms with Gasteiger partial charge in [0.1, 0.15) is 5.75 Å². The fraction of sp³-hybridized carbons (Fsp3) is 0.222. The number of carbonyl (C=O) groups excluding carboxylic acids is 1. The van der Waals surface area contributed by atoms with Crippen LogP contribution < -0.4 is 4.74 Å². The highest BCUT2D eigenvalue weighted by molar-refractivity contribution is 5.97. The van der Waals surface area contributed by atoms with Crippen LogP contribution in [0, 0.1) is 0 Å². The molecule has 0 aliphatic rings. The summed E-state index contributed by atoms with van der Waals surface area (Å²) in [5, 5.41) is 0. The monoisotopic (exact) mass is 204 g/mol. The van der Waals surface area contributed by atoms with Gasteiger partial charge in [-0.3, -0.25) is 4.79 Å². The largest absolute Gasteiger partial charge is 0.435 e. The molecule has 0 aliphatic carbocycles. The van der Waals surface area contributed by atoms with Crippen molar-refractivity contribution in [3.63, 3.8) is 0 Å². The van der Waals surface area contributed by atoms with E-state index in [-0.39, 0.29) is 11.3 Å². The summed E-state index contributed by atoms with van der Waals surface area (Å²) < 4.78 is 39.5. The first-order valence-electron chi connectivity index (χ1n) is 3.77. The molecule has 1 aromatic carbocycles. The molecule has 0 spiro atoms. The first-order valence-corrected chi connectivity index (χ1v) is 3.77. The quantitative estimate of drug-likeness (QED) is 0.704. The molecule has 0 bridgehead atoms. The van der Waals surface area contributed by atoms with Crippen molar-refractivity contribution in [2.45, 2.75) is 6.61 Å². The summed E-state index contributed by atoms with van der Waals surface area (Å²) in [5.74, 6) is -0.913. The number of alkyl halides is 3. The smallest absolute Gasteiger partial charge is 0.387 e. The van der Waals surface area contributed by atoms with Gasteiger partial charge in [-0.2, -0.15) is 8.78 Å².